The molecule has 5 nitrogen and oxygen atoms in total. The minimum Gasteiger partial charge on any atom is -0.367 e. The number of aliphatic hydroxyl groups excluding tert-OH is 1. The molecule has 0 amide bonds. The summed E-state index contributed by atoms with van der Waals surface area (Å²) < 4.78 is 14.2. The van der Waals surface area contributed by atoms with Gasteiger partial charge in [0.1, 0.15) is 0 Å². The number of aliphatic hydroxyl groups is 1. The Hall–Kier alpha value is 0.0700. The van der Waals surface area contributed by atoms with Crippen molar-refractivity contribution in [2.45, 2.75) is 19.6 Å². The summed E-state index contributed by atoms with van der Waals surface area (Å²) >= 11 is 0. The van der Waals surface area contributed by atoms with E-state index < -0.39 is 14.0 Å². The van der Waals surface area contributed by atoms with Crippen LogP contribution in [0.1, 0.15) is 13.3 Å². The molecule has 0 rings (SSSR count). The molecule has 0 aromatic rings. The van der Waals surface area contributed by atoms with E-state index in [-0.39, 0.29) is 6.42 Å². The highest BCUT2D eigenvalue weighted by Crippen LogP contribution is 2.32. The molecular weight excluding hydrogens is 145 g/mol. The monoisotopic (exact) mass is 155 g/mol. The van der Waals surface area contributed by atoms with Crippen LogP contribution in [0.3, 0.4) is 0 Å². The normalized spacial score (nSPS) is 20.9. The fourth-order valence-electron chi connectivity index (χ4n) is 0.249. The summed E-state index contributed by atoms with van der Waals surface area (Å²) in [5.41, 5.74) is 4.54. The van der Waals surface area contributed by atoms with E-state index in [4.69, 9.17) is 10.00 Å². The number of nitrogens with two attached hydrogens (primary N) is 1. The molecule has 0 aliphatic rings. The van der Waals surface area contributed by atoms with Crippen LogP contribution in [0.15, 0.2) is 0 Å². The molecule has 0 aromatic carbocycles. The predicted molar refractivity (Wildman–Crippen MR) is 31.4 cm³/mol. The standard InChI is InChI=1S/C3H10NO4P/c1-2-3(5)8-9(4,6)7/h3,5H,2H2,1H3,(H3,4,6,7). The molecule has 0 heterocycles. The SMILES string of the molecule is CCC(O)OP(N)(=O)O. The van der Waals surface area contributed by atoms with Crippen LogP contribution >= 0.6 is 7.75 Å². The Morgan fingerprint density at radius 3 is 2.44 bits per heavy atom. The molecule has 0 saturated heterocycles. The van der Waals surface area contributed by atoms with Crippen molar-refractivity contribution in [3.05, 3.63) is 0 Å². The van der Waals surface area contributed by atoms with Crippen LogP contribution in [-0.4, -0.2) is 16.3 Å². The van der Waals surface area contributed by atoms with Gasteiger partial charge in [0.05, 0.1) is 0 Å². The molecule has 0 spiro atoms. The molecule has 0 aliphatic carbocycles. The van der Waals surface area contributed by atoms with Gasteiger partial charge in [0.2, 0.25) is 0 Å². The highest BCUT2D eigenvalue weighted by atomic mass is 31.2. The van der Waals surface area contributed by atoms with Gasteiger partial charge in [0.15, 0.2) is 6.29 Å². The molecule has 2 unspecified atom stereocenters. The van der Waals surface area contributed by atoms with Crippen LogP contribution in [0, 0.1) is 0 Å². The molecular formula is C3H10NO4P. The van der Waals surface area contributed by atoms with Crippen LogP contribution in [-0.2, 0) is 9.09 Å². The lowest BCUT2D eigenvalue weighted by atomic mass is 10.5. The molecule has 0 fully saturated rings. The topological polar surface area (TPSA) is 92.8 Å². The fourth-order valence-corrected chi connectivity index (χ4v) is 0.747. The molecule has 0 saturated carbocycles. The summed E-state index contributed by atoms with van der Waals surface area (Å²) in [6.45, 7) is 1.60. The van der Waals surface area contributed by atoms with Crippen molar-refractivity contribution in [3.8, 4) is 0 Å². The molecule has 2 atom stereocenters. The minimum atomic E-state index is -3.99. The zero-order valence-corrected chi connectivity index (χ0v) is 5.91. The first-order valence-corrected chi connectivity index (χ1v) is 4.08. The smallest absolute Gasteiger partial charge is 0.367 e. The van der Waals surface area contributed by atoms with E-state index in [2.05, 4.69) is 10.0 Å². The Bertz CT molecular complexity index is 121. The van der Waals surface area contributed by atoms with Gasteiger partial charge >= 0.3 is 7.75 Å². The maximum atomic E-state index is 10.1. The van der Waals surface area contributed by atoms with E-state index in [1.165, 1.54) is 0 Å². The number of hydrogen-bond acceptors (Lipinski definition) is 3. The van der Waals surface area contributed by atoms with E-state index in [1.807, 2.05) is 0 Å². The maximum absolute atomic E-state index is 10.1. The molecule has 0 aromatic heterocycles. The summed E-state index contributed by atoms with van der Waals surface area (Å²) in [5, 5.41) is 8.56. The van der Waals surface area contributed by atoms with Crippen molar-refractivity contribution in [2.24, 2.45) is 5.50 Å². The first kappa shape index (κ1) is 9.07. The highest BCUT2D eigenvalue weighted by Gasteiger charge is 2.15. The van der Waals surface area contributed by atoms with E-state index in [0.29, 0.717) is 0 Å². The van der Waals surface area contributed by atoms with E-state index in [9.17, 15) is 4.57 Å². The third-order valence-corrected chi connectivity index (χ3v) is 1.17. The highest BCUT2D eigenvalue weighted by molar-refractivity contribution is 7.50. The first-order chi connectivity index (χ1) is 3.95. The van der Waals surface area contributed by atoms with E-state index in [0.717, 1.165) is 0 Å². The predicted octanol–water partition coefficient (Wildman–Crippen LogP) is -0.209. The van der Waals surface area contributed by atoms with Crippen molar-refractivity contribution in [3.63, 3.8) is 0 Å². The van der Waals surface area contributed by atoms with Gasteiger partial charge < -0.3 is 10.00 Å². The van der Waals surface area contributed by atoms with Gasteiger partial charge in [-0.1, -0.05) is 6.92 Å². The first-order valence-electron chi connectivity index (χ1n) is 2.43. The molecule has 0 bridgehead atoms. The fraction of sp³-hybridized carbons (Fsp3) is 1.00. The average molecular weight is 155 g/mol. The molecule has 56 valence electrons. The van der Waals surface area contributed by atoms with Crippen molar-refractivity contribution >= 4 is 7.75 Å². The second kappa shape index (κ2) is 3.29. The van der Waals surface area contributed by atoms with Gasteiger partial charge in [0.25, 0.3) is 0 Å². The van der Waals surface area contributed by atoms with Gasteiger partial charge in [-0.05, 0) is 6.42 Å². The van der Waals surface area contributed by atoms with Gasteiger partial charge in [-0.3, -0.25) is 4.52 Å². The lowest BCUT2D eigenvalue weighted by molar-refractivity contribution is -0.0259. The van der Waals surface area contributed by atoms with E-state index >= 15 is 0 Å². The average Bonchev–Trinajstić information content (AvgIpc) is 1.62. The molecule has 0 radical (unpaired) electrons. The van der Waals surface area contributed by atoms with Crippen molar-refractivity contribution in [2.75, 3.05) is 0 Å². The van der Waals surface area contributed by atoms with Crippen LogP contribution in [0.2, 0.25) is 0 Å². The Morgan fingerprint density at radius 2 is 2.33 bits per heavy atom. The maximum Gasteiger partial charge on any atom is 0.402 e. The summed E-state index contributed by atoms with van der Waals surface area (Å²) in [6.07, 6.45) is -1.01. The van der Waals surface area contributed by atoms with Crippen LogP contribution in [0.5, 0.6) is 0 Å². The number of rotatable bonds is 3. The summed E-state index contributed by atoms with van der Waals surface area (Å²) in [4.78, 5) is 8.27. The van der Waals surface area contributed by atoms with Crippen molar-refractivity contribution in [1.82, 2.24) is 0 Å². The van der Waals surface area contributed by atoms with Gasteiger partial charge in [-0.15, -0.1) is 0 Å². The molecule has 6 heteroatoms. The Kier molecular flexibility index (Phi) is 3.32. The lowest BCUT2D eigenvalue weighted by Gasteiger charge is -2.09. The Morgan fingerprint density at radius 1 is 1.89 bits per heavy atom. The minimum absolute atomic E-state index is 0.238. The van der Waals surface area contributed by atoms with Gasteiger partial charge in [-0.25, -0.2) is 10.1 Å². The Labute approximate surface area is 53.0 Å². The molecule has 9 heavy (non-hydrogen) atoms. The van der Waals surface area contributed by atoms with Crippen LogP contribution in [0.4, 0.5) is 0 Å². The lowest BCUT2D eigenvalue weighted by Crippen LogP contribution is -2.11. The summed E-state index contributed by atoms with van der Waals surface area (Å²) in [6, 6.07) is 0. The molecule has 4 N–H and O–H groups in total. The second-order valence-electron chi connectivity index (χ2n) is 1.53. The summed E-state index contributed by atoms with van der Waals surface area (Å²) in [5.74, 6) is 0. The van der Waals surface area contributed by atoms with E-state index in [1.54, 1.807) is 6.92 Å². The Balaban J connectivity index is 3.60. The third-order valence-electron chi connectivity index (χ3n) is 0.622. The van der Waals surface area contributed by atoms with Crippen LogP contribution in [0.25, 0.3) is 0 Å². The zero-order chi connectivity index (χ0) is 7.49. The quantitative estimate of drug-likeness (QED) is 0.387. The van der Waals surface area contributed by atoms with Crippen molar-refractivity contribution in [1.29, 1.82) is 0 Å². The van der Waals surface area contributed by atoms with Crippen LogP contribution < -0.4 is 5.50 Å². The zero-order valence-electron chi connectivity index (χ0n) is 5.02. The molecule has 0 aliphatic heterocycles. The third kappa shape index (κ3) is 5.95. The summed E-state index contributed by atoms with van der Waals surface area (Å²) in [7, 11) is -3.99. The van der Waals surface area contributed by atoms with Gasteiger partial charge in [-0.2, -0.15) is 0 Å². The van der Waals surface area contributed by atoms with Gasteiger partial charge in [0, 0.05) is 0 Å². The second-order valence-corrected chi connectivity index (χ2v) is 2.87. The number of hydrogen-bond donors (Lipinski definition) is 3. The van der Waals surface area contributed by atoms with Crippen molar-refractivity contribution < 1.29 is 19.1 Å². The largest absolute Gasteiger partial charge is 0.402 e.